The summed E-state index contributed by atoms with van der Waals surface area (Å²) in [5, 5.41) is 0. The standard InChI is InChI=1S/C17H22FNO2/c1-4-21-17(20)13(3)14-7-5-6-8-15-9-12(2)16(18)11-19(15)10-14/h8-11,13H,4-7H2,1-3H3/b14-10+,15-8-. The van der Waals surface area contributed by atoms with Gasteiger partial charge < -0.3 is 9.64 Å². The van der Waals surface area contributed by atoms with Crippen molar-refractivity contribution < 1.29 is 13.9 Å². The Morgan fingerprint density at radius 1 is 1.48 bits per heavy atom. The molecule has 2 heterocycles. The highest BCUT2D eigenvalue weighted by molar-refractivity contribution is 5.75. The number of carbonyl (C=O) groups is 1. The third-order valence-corrected chi connectivity index (χ3v) is 3.82. The number of esters is 1. The van der Waals surface area contributed by atoms with Crippen LogP contribution >= 0.6 is 0 Å². The number of hydrogen-bond donors (Lipinski definition) is 0. The molecule has 0 saturated heterocycles. The lowest BCUT2D eigenvalue weighted by Crippen LogP contribution is -2.21. The molecule has 2 aliphatic rings. The Morgan fingerprint density at radius 3 is 2.95 bits per heavy atom. The van der Waals surface area contributed by atoms with E-state index in [0.29, 0.717) is 12.2 Å². The Labute approximate surface area is 125 Å². The predicted octanol–water partition coefficient (Wildman–Crippen LogP) is 4.21. The Balaban J connectivity index is 2.28. The molecule has 0 aromatic heterocycles. The highest BCUT2D eigenvalue weighted by Gasteiger charge is 2.22. The minimum Gasteiger partial charge on any atom is -0.466 e. The second-order valence-corrected chi connectivity index (χ2v) is 5.41. The van der Waals surface area contributed by atoms with Gasteiger partial charge in [0.15, 0.2) is 0 Å². The Kier molecular flexibility index (Phi) is 4.99. The largest absolute Gasteiger partial charge is 0.466 e. The summed E-state index contributed by atoms with van der Waals surface area (Å²) < 4.78 is 18.9. The first-order chi connectivity index (χ1) is 10.0. The van der Waals surface area contributed by atoms with Gasteiger partial charge in [-0.3, -0.25) is 4.79 Å². The van der Waals surface area contributed by atoms with E-state index in [1.165, 1.54) is 6.20 Å². The quantitative estimate of drug-likeness (QED) is 0.729. The zero-order valence-corrected chi connectivity index (χ0v) is 12.9. The van der Waals surface area contributed by atoms with E-state index in [0.717, 1.165) is 30.5 Å². The molecule has 0 saturated carbocycles. The number of nitrogens with zero attached hydrogens (tertiary/aromatic N) is 1. The second-order valence-electron chi connectivity index (χ2n) is 5.41. The highest BCUT2D eigenvalue weighted by atomic mass is 19.1. The lowest BCUT2D eigenvalue weighted by Gasteiger charge is -2.27. The van der Waals surface area contributed by atoms with Gasteiger partial charge in [-0.25, -0.2) is 4.39 Å². The van der Waals surface area contributed by atoms with Gasteiger partial charge in [-0.1, -0.05) is 6.08 Å². The molecule has 0 spiro atoms. The number of ether oxygens (including phenoxy) is 1. The van der Waals surface area contributed by atoms with Crippen LogP contribution in [0.25, 0.3) is 0 Å². The lowest BCUT2D eigenvalue weighted by molar-refractivity contribution is -0.146. The Morgan fingerprint density at radius 2 is 2.24 bits per heavy atom. The molecule has 0 aromatic rings. The third kappa shape index (κ3) is 3.63. The Bertz CT molecular complexity index is 543. The number of hydrogen-bond acceptors (Lipinski definition) is 3. The lowest BCUT2D eigenvalue weighted by atomic mass is 9.95. The number of carbonyl (C=O) groups excluding carboxylic acids is 1. The van der Waals surface area contributed by atoms with Crippen molar-refractivity contribution in [1.82, 2.24) is 4.90 Å². The van der Waals surface area contributed by atoms with Crippen LogP contribution < -0.4 is 0 Å². The summed E-state index contributed by atoms with van der Waals surface area (Å²) in [7, 11) is 0. The van der Waals surface area contributed by atoms with Gasteiger partial charge in [-0.15, -0.1) is 0 Å². The average molecular weight is 291 g/mol. The molecule has 4 heteroatoms. The van der Waals surface area contributed by atoms with Crippen molar-refractivity contribution in [2.45, 2.75) is 40.0 Å². The van der Waals surface area contributed by atoms with Crippen molar-refractivity contribution >= 4 is 5.97 Å². The van der Waals surface area contributed by atoms with Crippen LogP contribution in [-0.2, 0) is 9.53 Å². The van der Waals surface area contributed by atoms with Crippen molar-refractivity contribution in [3.05, 3.63) is 47.2 Å². The number of rotatable bonds is 3. The molecule has 114 valence electrons. The fourth-order valence-corrected chi connectivity index (χ4v) is 2.49. The van der Waals surface area contributed by atoms with Crippen molar-refractivity contribution in [1.29, 1.82) is 0 Å². The molecule has 2 rings (SSSR count). The van der Waals surface area contributed by atoms with Crippen LogP contribution in [0.3, 0.4) is 0 Å². The monoisotopic (exact) mass is 291 g/mol. The number of halogens is 1. The van der Waals surface area contributed by atoms with E-state index < -0.39 is 0 Å². The maximum absolute atomic E-state index is 13.8. The van der Waals surface area contributed by atoms with Crippen LogP contribution in [0.5, 0.6) is 0 Å². The molecular formula is C17H22FNO2. The van der Waals surface area contributed by atoms with Gasteiger partial charge >= 0.3 is 5.97 Å². The SMILES string of the molecule is CCOC(=O)C(C)/C1=C/N2C=C(F)C(C)=C/C2=C/CCC1. The second kappa shape index (κ2) is 6.74. The number of allylic oxidation sites excluding steroid dienone is 4. The first-order valence-electron chi connectivity index (χ1n) is 7.44. The highest BCUT2D eigenvalue weighted by Crippen LogP contribution is 2.30. The van der Waals surface area contributed by atoms with E-state index in [9.17, 15) is 9.18 Å². The summed E-state index contributed by atoms with van der Waals surface area (Å²) >= 11 is 0. The van der Waals surface area contributed by atoms with Crippen LogP contribution in [0.15, 0.2) is 47.2 Å². The van der Waals surface area contributed by atoms with Crippen LogP contribution in [-0.4, -0.2) is 17.5 Å². The molecule has 1 unspecified atom stereocenters. The summed E-state index contributed by atoms with van der Waals surface area (Å²) in [4.78, 5) is 13.7. The van der Waals surface area contributed by atoms with Gasteiger partial charge in [0.2, 0.25) is 0 Å². The van der Waals surface area contributed by atoms with E-state index in [-0.39, 0.29) is 17.7 Å². The molecule has 0 N–H and O–H groups in total. The summed E-state index contributed by atoms with van der Waals surface area (Å²) in [6, 6.07) is 0. The minimum absolute atomic E-state index is 0.219. The minimum atomic E-state index is -0.298. The van der Waals surface area contributed by atoms with Gasteiger partial charge in [-0.2, -0.15) is 0 Å². The molecule has 0 radical (unpaired) electrons. The summed E-state index contributed by atoms with van der Waals surface area (Å²) in [6.45, 7) is 5.78. The fourth-order valence-electron chi connectivity index (χ4n) is 2.49. The molecular weight excluding hydrogens is 269 g/mol. The van der Waals surface area contributed by atoms with Gasteiger partial charge in [0.05, 0.1) is 12.5 Å². The van der Waals surface area contributed by atoms with Gasteiger partial charge in [-0.05, 0) is 57.3 Å². The zero-order valence-electron chi connectivity index (χ0n) is 12.9. The molecule has 0 amide bonds. The maximum atomic E-state index is 13.8. The first-order valence-corrected chi connectivity index (χ1v) is 7.44. The normalized spacial score (nSPS) is 25.0. The van der Waals surface area contributed by atoms with E-state index >= 15 is 0 Å². The van der Waals surface area contributed by atoms with Gasteiger partial charge in [0.1, 0.15) is 5.83 Å². The van der Waals surface area contributed by atoms with Gasteiger partial charge in [0, 0.05) is 18.1 Å². The third-order valence-electron chi connectivity index (χ3n) is 3.82. The van der Waals surface area contributed by atoms with Crippen molar-refractivity contribution in [3.63, 3.8) is 0 Å². The van der Waals surface area contributed by atoms with Crippen LogP contribution in [0.2, 0.25) is 0 Å². The molecule has 0 fully saturated rings. The Hall–Kier alpha value is -1.84. The summed E-state index contributed by atoms with van der Waals surface area (Å²) in [5.74, 6) is -0.761. The van der Waals surface area contributed by atoms with Crippen molar-refractivity contribution in [2.24, 2.45) is 5.92 Å². The molecule has 0 bridgehead atoms. The zero-order chi connectivity index (χ0) is 15.4. The van der Waals surface area contributed by atoms with Crippen molar-refractivity contribution in [3.8, 4) is 0 Å². The molecule has 1 atom stereocenters. The van der Waals surface area contributed by atoms with Crippen LogP contribution in [0.1, 0.15) is 40.0 Å². The average Bonchev–Trinajstić information content (AvgIpc) is 2.43. The summed E-state index contributed by atoms with van der Waals surface area (Å²) in [6.07, 6.45) is 10.0. The van der Waals surface area contributed by atoms with E-state index in [4.69, 9.17) is 4.74 Å². The van der Waals surface area contributed by atoms with Gasteiger partial charge in [0.25, 0.3) is 0 Å². The first kappa shape index (κ1) is 15.5. The maximum Gasteiger partial charge on any atom is 0.312 e. The molecule has 21 heavy (non-hydrogen) atoms. The van der Waals surface area contributed by atoms with E-state index in [1.807, 2.05) is 19.2 Å². The smallest absolute Gasteiger partial charge is 0.312 e. The molecule has 0 aromatic carbocycles. The van der Waals surface area contributed by atoms with Crippen LogP contribution in [0.4, 0.5) is 4.39 Å². The molecule has 2 aliphatic heterocycles. The molecule has 3 nitrogen and oxygen atoms in total. The molecule has 0 aliphatic carbocycles. The number of fused-ring (bicyclic) bond motifs is 1. The predicted molar refractivity (Wildman–Crippen MR) is 80.6 cm³/mol. The van der Waals surface area contributed by atoms with E-state index in [2.05, 4.69) is 6.08 Å². The summed E-state index contributed by atoms with van der Waals surface area (Å²) in [5.41, 5.74) is 2.57. The van der Waals surface area contributed by atoms with Crippen LogP contribution in [0, 0.1) is 5.92 Å². The van der Waals surface area contributed by atoms with E-state index in [1.54, 1.807) is 18.7 Å². The topological polar surface area (TPSA) is 29.5 Å². The fraction of sp³-hybridized carbons (Fsp3) is 0.471. The van der Waals surface area contributed by atoms with Crippen molar-refractivity contribution in [2.75, 3.05) is 6.61 Å².